The summed E-state index contributed by atoms with van der Waals surface area (Å²) in [4.78, 5) is 21.6. The summed E-state index contributed by atoms with van der Waals surface area (Å²) in [5.41, 5.74) is 0.101. The van der Waals surface area contributed by atoms with Crippen LogP contribution in [0.15, 0.2) is 29.1 Å². The van der Waals surface area contributed by atoms with Crippen LogP contribution in [0, 0.1) is 11.6 Å². The number of rotatable bonds is 0. The van der Waals surface area contributed by atoms with Gasteiger partial charge in [-0.2, -0.15) is 8.78 Å². The quantitative estimate of drug-likeness (QED) is 0.285. The van der Waals surface area contributed by atoms with Crippen LogP contribution < -0.4 is 5.43 Å². The van der Waals surface area contributed by atoms with Gasteiger partial charge in [0.05, 0.1) is 0 Å². The first kappa shape index (κ1) is 16.4. The molecule has 0 amide bonds. The van der Waals surface area contributed by atoms with Gasteiger partial charge in [0.15, 0.2) is 5.76 Å². The Morgan fingerprint density at radius 2 is 1.57 bits per heavy atom. The van der Waals surface area contributed by atoms with Gasteiger partial charge in [0.25, 0.3) is 0 Å². The van der Waals surface area contributed by atoms with Crippen molar-refractivity contribution in [3.8, 4) is 0 Å². The average Bonchev–Trinajstić information content (AvgIpc) is 2.76. The molecule has 122 valence electrons. The molecule has 0 bridgehead atoms. The van der Waals surface area contributed by atoms with Gasteiger partial charge in [0.1, 0.15) is 22.8 Å². The fourth-order valence-electron chi connectivity index (χ4n) is 1.56. The van der Waals surface area contributed by atoms with Crippen LogP contribution in [0.3, 0.4) is 0 Å². The molecule has 23 heavy (non-hydrogen) atoms. The number of hydrogen-bond acceptors (Lipinski definition) is 7. The topological polar surface area (TPSA) is 108 Å². The lowest BCUT2D eigenvalue weighted by Gasteiger charge is -2.19. The van der Waals surface area contributed by atoms with E-state index in [0.29, 0.717) is 6.08 Å². The molecule has 1 aromatic carbocycles. The van der Waals surface area contributed by atoms with E-state index in [9.17, 15) is 27.2 Å². The number of nitrogens with one attached hydrogen (secondary N) is 1. The third-order valence-electron chi connectivity index (χ3n) is 2.60. The molecule has 2 aliphatic rings. The minimum absolute atomic E-state index is 0.372. The molecule has 0 aliphatic carbocycles. The molecule has 1 unspecified atom stereocenters. The van der Waals surface area contributed by atoms with Crippen molar-refractivity contribution in [2.75, 3.05) is 0 Å². The molecule has 11 heteroatoms. The van der Waals surface area contributed by atoms with Crippen LogP contribution in [-0.2, 0) is 4.74 Å². The Bertz CT molecular complexity index is 721. The predicted molar refractivity (Wildman–Crippen MR) is 64.6 cm³/mol. The maximum absolute atomic E-state index is 12.9. The molecule has 0 aromatic heterocycles. The summed E-state index contributed by atoms with van der Waals surface area (Å²) >= 11 is 0. The summed E-state index contributed by atoms with van der Waals surface area (Å²) in [7, 11) is 0. The number of esters is 2. The highest BCUT2D eigenvalue weighted by Crippen LogP contribution is 2.25. The van der Waals surface area contributed by atoms with E-state index in [1.807, 2.05) is 0 Å². The van der Waals surface area contributed by atoms with Gasteiger partial charge in [-0.1, -0.05) is 0 Å². The van der Waals surface area contributed by atoms with E-state index in [-0.39, 0.29) is 0 Å². The lowest BCUT2D eigenvalue weighted by Crippen LogP contribution is -2.42. The van der Waals surface area contributed by atoms with E-state index >= 15 is 0 Å². The number of aliphatic hydroxyl groups excluding tert-OH is 1. The van der Waals surface area contributed by atoms with Crippen molar-refractivity contribution in [3.63, 3.8) is 0 Å². The third-order valence-corrected chi connectivity index (χ3v) is 2.60. The zero-order valence-electron chi connectivity index (χ0n) is 10.8. The third kappa shape index (κ3) is 3.13. The van der Waals surface area contributed by atoms with Crippen LogP contribution in [0.25, 0.3) is 0 Å². The van der Waals surface area contributed by atoms with Gasteiger partial charge in [-0.15, -0.1) is 5.10 Å². The van der Waals surface area contributed by atoms with Gasteiger partial charge in [-0.05, 0) is 12.1 Å². The number of carbonyl (C=O) groups excluding carboxylic acids is 2. The van der Waals surface area contributed by atoms with Crippen LogP contribution in [-0.4, -0.2) is 34.1 Å². The van der Waals surface area contributed by atoms with E-state index < -0.39 is 52.4 Å². The van der Waals surface area contributed by atoms with Crippen molar-refractivity contribution in [3.05, 3.63) is 46.7 Å². The van der Waals surface area contributed by atoms with Crippen molar-refractivity contribution >= 4 is 17.9 Å². The van der Waals surface area contributed by atoms with Gasteiger partial charge < -0.3 is 14.9 Å². The number of halogens is 4. The van der Waals surface area contributed by atoms with Crippen molar-refractivity contribution < 1.29 is 42.1 Å². The highest BCUT2D eigenvalue weighted by Gasteiger charge is 2.36. The Morgan fingerprint density at radius 1 is 1.09 bits per heavy atom. The Balaban J connectivity index is 0.000000174. The first-order chi connectivity index (χ1) is 10.6. The highest BCUT2D eigenvalue weighted by molar-refractivity contribution is 6.14. The molecule has 2 aliphatic heterocycles. The summed E-state index contributed by atoms with van der Waals surface area (Å²) in [6.45, 7) is 0. The van der Waals surface area contributed by atoms with E-state index in [1.165, 1.54) is 5.43 Å². The number of ether oxygens (including phenoxy) is 1. The maximum atomic E-state index is 12.9. The molecule has 1 aromatic rings. The lowest BCUT2D eigenvalue weighted by molar-refractivity contribution is -0.111. The number of carbonyl (C=O) groups is 2. The normalized spacial score (nSPS) is 22.1. The first-order valence-electron chi connectivity index (χ1n) is 5.70. The van der Waals surface area contributed by atoms with Crippen molar-refractivity contribution in [1.82, 2.24) is 5.43 Å². The second kappa shape index (κ2) is 5.68. The number of fused-ring (bicyclic) bond motifs is 1. The second-order valence-corrected chi connectivity index (χ2v) is 4.15. The highest BCUT2D eigenvalue weighted by atomic mass is 19.2. The number of hydrogen-bond donors (Lipinski definition) is 3. The second-order valence-electron chi connectivity index (χ2n) is 4.15. The summed E-state index contributed by atoms with van der Waals surface area (Å²) in [6, 6.07) is 1.54. The Labute approximate surface area is 124 Å². The minimum Gasteiger partial charge on any atom is -0.505 e. The molecule has 3 N–H and O–H groups in total. The number of allylic oxidation sites excluding steroid dienone is 1. The summed E-state index contributed by atoms with van der Waals surface area (Å²) in [5.74, 6) is -9.58. The van der Waals surface area contributed by atoms with E-state index in [0.717, 1.165) is 12.1 Å². The number of nitrogens with zero attached hydrogens (tertiary/aromatic N) is 1. The van der Waals surface area contributed by atoms with Gasteiger partial charge in [-0.3, -0.25) is 0 Å². The zero-order chi connectivity index (χ0) is 17.4. The summed E-state index contributed by atoms with van der Waals surface area (Å²) in [5, 5.41) is 19.5. The molecule has 3 rings (SSSR count). The Hall–Kier alpha value is -2.95. The largest absolute Gasteiger partial charge is 0.505 e. The smallest absolute Gasteiger partial charge is 0.359 e. The number of alkyl halides is 1. The summed E-state index contributed by atoms with van der Waals surface area (Å²) < 4.78 is 54.0. The van der Waals surface area contributed by atoms with Gasteiger partial charge in [0, 0.05) is 6.08 Å². The van der Waals surface area contributed by atoms with Gasteiger partial charge >= 0.3 is 17.9 Å². The molecule has 0 radical (unpaired) electrons. The Kier molecular flexibility index (Phi) is 4.06. The number of benzene rings is 1. The monoisotopic (exact) mass is 334 g/mol. The van der Waals surface area contributed by atoms with Crippen LogP contribution in [0.2, 0.25) is 0 Å². The van der Waals surface area contributed by atoms with E-state index in [4.69, 9.17) is 10.2 Å². The molecule has 1 atom stereocenters. The maximum Gasteiger partial charge on any atom is 0.359 e. The van der Waals surface area contributed by atoms with Crippen LogP contribution in [0.5, 0.6) is 0 Å². The number of hydrazone groups is 1. The molecule has 0 spiro atoms. The fraction of sp³-hybridized carbons (Fsp3) is 0.0833. The summed E-state index contributed by atoms with van der Waals surface area (Å²) in [6.07, 6.45) is 0.372. The molecule has 0 saturated carbocycles. The van der Waals surface area contributed by atoms with Crippen LogP contribution in [0.4, 0.5) is 17.6 Å². The lowest BCUT2D eigenvalue weighted by atomic mass is 10.1. The molecule has 0 fully saturated rings. The first-order valence-corrected chi connectivity index (χ1v) is 5.70. The van der Waals surface area contributed by atoms with E-state index in [2.05, 4.69) is 9.84 Å². The molecular formula is C12H6F4N2O5. The zero-order valence-corrected chi connectivity index (χ0v) is 10.8. The van der Waals surface area contributed by atoms with Crippen molar-refractivity contribution in [1.29, 1.82) is 0 Å². The fourth-order valence-corrected chi connectivity index (χ4v) is 1.56. The molecule has 2 heterocycles. The molecule has 0 saturated heterocycles. The SMILES string of the molecule is O=C1OC(=O)c2c(F)ccc(F)c21.OC1=CC(F)=NNC1(O)F. The average molecular weight is 334 g/mol. The minimum atomic E-state index is -3.14. The Morgan fingerprint density at radius 3 is 1.96 bits per heavy atom. The molecular weight excluding hydrogens is 328 g/mol. The number of cyclic esters (lactones) is 2. The van der Waals surface area contributed by atoms with Crippen LogP contribution >= 0.6 is 0 Å². The standard InChI is InChI=1S/C8H2F2O3.C4H4F2N2O2/c9-3-1-2-4(10)6-5(3)7(11)13-8(6)12;5-3-1-2(9)4(6,10)8-7-3/h1-2H;1,8-10H. The predicted octanol–water partition coefficient (Wildman–Crippen LogP) is 1.21. The van der Waals surface area contributed by atoms with Crippen molar-refractivity contribution in [2.24, 2.45) is 5.10 Å². The van der Waals surface area contributed by atoms with Gasteiger partial charge in [-0.25, -0.2) is 23.8 Å². The van der Waals surface area contributed by atoms with Gasteiger partial charge in [0.2, 0.25) is 5.97 Å². The van der Waals surface area contributed by atoms with Crippen molar-refractivity contribution in [2.45, 2.75) is 5.98 Å². The van der Waals surface area contributed by atoms with Crippen LogP contribution in [0.1, 0.15) is 20.7 Å². The molecule has 7 nitrogen and oxygen atoms in total. The number of aliphatic hydroxyl groups is 2. The van der Waals surface area contributed by atoms with E-state index in [1.54, 1.807) is 0 Å².